The van der Waals surface area contributed by atoms with Crippen molar-refractivity contribution < 1.29 is 27.0 Å². The fourth-order valence-corrected chi connectivity index (χ4v) is 3.22. The molecule has 0 atom stereocenters. The molecule has 0 N–H and O–H groups in total. The fourth-order valence-electron chi connectivity index (χ4n) is 3.22. The van der Waals surface area contributed by atoms with E-state index in [4.69, 9.17) is 9.47 Å². The molecular formula is C23H22F4O2. The van der Waals surface area contributed by atoms with Crippen LogP contribution in [0, 0.1) is 23.3 Å². The molecule has 0 saturated heterocycles. The number of hydrogen-bond donors (Lipinski definition) is 0. The minimum Gasteiger partial charge on any atom is -0.491 e. The van der Waals surface area contributed by atoms with Crippen molar-refractivity contribution >= 4 is 11.1 Å². The van der Waals surface area contributed by atoms with E-state index in [1.165, 1.54) is 24.3 Å². The summed E-state index contributed by atoms with van der Waals surface area (Å²) in [5, 5.41) is 0. The van der Waals surface area contributed by atoms with Crippen LogP contribution in [0.25, 0.3) is 11.1 Å². The van der Waals surface area contributed by atoms with E-state index in [0.29, 0.717) is 24.2 Å². The molecule has 0 bridgehead atoms. The minimum atomic E-state index is -1.03. The lowest BCUT2D eigenvalue weighted by Crippen LogP contribution is -2.04. The molecular weight excluding hydrogens is 384 g/mol. The number of ether oxygens (including phenoxy) is 2. The van der Waals surface area contributed by atoms with Gasteiger partial charge in [-0.2, -0.15) is 8.78 Å². The van der Waals surface area contributed by atoms with E-state index in [0.717, 1.165) is 0 Å². The first kappa shape index (κ1) is 21.0. The maximum atomic E-state index is 14.5. The van der Waals surface area contributed by atoms with E-state index in [-0.39, 0.29) is 42.1 Å². The summed E-state index contributed by atoms with van der Waals surface area (Å²) in [6, 6.07) is 5.74. The molecule has 0 heterocycles. The van der Waals surface area contributed by atoms with Crippen LogP contribution in [0.3, 0.4) is 0 Å². The highest BCUT2D eigenvalue weighted by atomic mass is 19.2. The summed E-state index contributed by atoms with van der Waals surface area (Å²) in [4.78, 5) is 0. The molecule has 2 nitrogen and oxygen atoms in total. The first-order valence-corrected chi connectivity index (χ1v) is 9.58. The molecule has 0 radical (unpaired) electrons. The van der Waals surface area contributed by atoms with E-state index in [2.05, 4.69) is 0 Å². The fraction of sp³-hybridized carbons (Fsp3) is 0.304. The van der Waals surface area contributed by atoms with Crippen molar-refractivity contribution in [1.82, 2.24) is 0 Å². The van der Waals surface area contributed by atoms with E-state index in [9.17, 15) is 17.6 Å². The average molecular weight is 406 g/mol. The summed E-state index contributed by atoms with van der Waals surface area (Å²) in [6.45, 7) is 4.09. The van der Waals surface area contributed by atoms with Crippen LogP contribution in [-0.4, -0.2) is 13.2 Å². The van der Waals surface area contributed by atoms with Gasteiger partial charge in [0.2, 0.25) is 11.6 Å². The molecule has 1 aliphatic carbocycles. The predicted molar refractivity (Wildman–Crippen MR) is 105 cm³/mol. The molecule has 0 saturated carbocycles. The maximum Gasteiger partial charge on any atom is 0.201 e. The van der Waals surface area contributed by atoms with Crippen LogP contribution in [0.5, 0.6) is 11.5 Å². The summed E-state index contributed by atoms with van der Waals surface area (Å²) in [5.41, 5.74) is 1.44. The number of benzene rings is 2. The lowest BCUT2D eigenvalue weighted by Gasteiger charge is -2.17. The monoisotopic (exact) mass is 406 g/mol. The first-order chi connectivity index (χ1) is 14.0. The van der Waals surface area contributed by atoms with E-state index < -0.39 is 23.3 Å². The van der Waals surface area contributed by atoms with Crippen LogP contribution in [0.2, 0.25) is 0 Å². The number of hydrogen-bond acceptors (Lipinski definition) is 2. The summed E-state index contributed by atoms with van der Waals surface area (Å²) in [6.07, 6.45) is 4.63. The van der Waals surface area contributed by atoms with Crippen LogP contribution in [0.1, 0.15) is 44.2 Å². The molecule has 0 aliphatic heterocycles. The molecule has 0 unspecified atom stereocenters. The van der Waals surface area contributed by atoms with Crippen molar-refractivity contribution in [3.63, 3.8) is 0 Å². The molecule has 0 aromatic heterocycles. The SMILES string of the molecule is CCCOc1ccc(C2=CCC(c3ccc(OCC)c(F)c3F)=CC2)c(F)c1F. The summed E-state index contributed by atoms with van der Waals surface area (Å²) >= 11 is 0. The highest BCUT2D eigenvalue weighted by Gasteiger charge is 2.21. The van der Waals surface area contributed by atoms with Crippen molar-refractivity contribution in [2.24, 2.45) is 0 Å². The molecule has 29 heavy (non-hydrogen) atoms. The Hall–Kier alpha value is -2.76. The molecule has 0 fully saturated rings. The molecule has 0 spiro atoms. The Labute approximate surface area is 167 Å². The first-order valence-electron chi connectivity index (χ1n) is 9.58. The van der Waals surface area contributed by atoms with Gasteiger partial charge in [-0.3, -0.25) is 0 Å². The Morgan fingerprint density at radius 3 is 1.59 bits per heavy atom. The topological polar surface area (TPSA) is 18.5 Å². The van der Waals surface area contributed by atoms with Gasteiger partial charge in [0.25, 0.3) is 0 Å². The third kappa shape index (κ3) is 4.31. The van der Waals surface area contributed by atoms with Gasteiger partial charge in [-0.05, 0) is 61.6 Å². The van der Waals surface area contributed by atoms with E-state index >= 15 is 0 Å². The standard InChI is InChI=1S/C23H22F4O2/c1-3-13-29-19-12-10-17(21(25)23(19)27)15-7-5-14(6-8-15)16-9-11-18(28-4-2)22(26)20(16)24/h5,8-12H,3-4,6-7,13H2,1-2H3. The van der Waals surface area contributed by atoms with Gasteiger partial charge >= 0.3 is 0 Å². The van der Waals surface area contributed by atoms with Gasteiger partial charge in [0.1, 0.15) is 0 Å². The van der Waals surface area contributed by atoms with Gasteiger partial charge in [0.05, 0.1) is 13.2 Å². The second kappa shape index (κ2) is 9.16. The van der Waals surface area contributed by atoms with Gasteiger partial charge in [-0.1, -0.05) is 19.1 Å². The summed E-state index contributed by atoms with van der Waals surface area (Å²) in [5.74, 6) is -4.26. The van der Waals surface area contributed by atoms with Crippen molar-refractivity contribution in [2.45, 2.75) is 33.1 Å². The van der Waals surface area contributed by atoms with E-state index in [1.807, 2.05) is 6.92 Å². The van der Waals surface area contributed by atoms with Gasteiger partial charge in [0.15, 0.2) is 23.1 Å². The number of halogens is 4. The number of allylic oxidation sites excluding steroid dienone is 4. The summed E-state index contributed by atoms with van der Waals surface area (Å²) < 4.78 is 67.5. The Morgan fingerprint density at radius 1 is 0.690 bits per heavy atom. The molecule has 1 aliphatic rings. The Kier molecular flexibility index (Phi) is 6.62. The Balaban J connectivity index is 1.81. The smallest absolute Gasteiger partial charge is 0.201 e. The minimum absolute atomic E-state index is 0.118. The average Bonchev–Trinajstić information content (AvgIpc) is 2.73. The van der Waals surface area contributed by atoms with Crippen LogP contribution in [0.15, 0.2) is 36.4 Å². The van der Waals surface area contributed by atoms with Gasteiger partial charge in [-0.15, -0.1) is 0 Å². The second-order valence-electron chi connectivity index (χ2n) is 6.63. The van der Waals surface area contributed by atoms with Crippen molar-refractivity contribution in [3.8, 4) is 11.5 Å². The van der Waals surface area contributed by atoms with Crippen LogP contribution in [0.4, 0.5) is 17.6 Å². The molecule has 2 aromatic carbocycles. The molecule has 2 aromatic rings. The van der Waals surface area contributed by atoms with Crippen LogP contribution in [-0.2, 0) is 0 Å². The quantitative estimate of drug-likeness (QED) is 0.477. The lowest BCUT2D eigenvalue weighted by molar-refractivity contribution is 0.295. The van der Waals surface area contributed by atoms with Crippen LogP contribution < -0.4 is 9.47 Å². The highest BCUT2D eigenvalue weighted by Crippen LogP contribution is 2.36. The van der Waals surface area contributed by atoms with Crippen LogP contribution >= 0.6 is 0 Å². The third-order valence-corrected chi connectivity index (χ3v) is 4.68. The third-order valence-electron chi connectivity index (χ3n) is 4.68. The molecule has 3 rings (SSSR count). The van der Waals surface area contributed by atoms with E-state index in [1.54, 1.807) is 19.1 Å². The largest absolute Gasteiger partial charge is 0.491 e. The Morgan fingerprint density at radius 2 is 1.17 bits per heavy atom. The summed E-state index contributed by atoms with van der Waals surface area (Å²) in [7, 11) is 0. The molecule has 0 amide bonds. The zero-order valence-electron chi connectivity index (χ0n) is 16.3. The van der Waals surface area contributed by atoms with Crippen molar-refractivity contribution in [3.05, 3.63) is 70.8 Å². The Bertz CT molecular complexity index is 964. The van der Waals surface area contributed by atoms with Gasteiger partial charge in [-0.25, -0.2) is 8.78 Å². The van der Waals surface area contributed by atoms with Gasteiger partial charge < -0.3 is 9.47 Å². The zero-order chi connectivity index (χ0) is 21.0. The molecule has 154 valence electrons. The highest BCUT2D eigenvalue weighted by molar-refractivity contribution is 5.78. The normalized spacial score (nSPS) is 13.7. The van der Waals surface area contributed by atoms with Gasteiger partial charge in [0, 0.05) is 11.1 Å². The zero-order valence-corrected chi connectivity index (χ0v) is 16.3. The lowest BCUT2D eigenvalue weighted by atomic mass is 9.90. The van der Waals surface area contributed by atoms with Crippen molar-refractivity contribution in [1.29, 1.82) is 0 Å². The number of rotatable bonds is 7. The second-order valence-corrected chi connectivity index (χ2v) is 6.63. The predicted octanol–water partition coefficient (Wildman–Crippen LogP) is 6.69. The maximum absolute atomic E-state index is 14.5. The molecule has 6 heteroatoms. The van der Waals surface area contributed by atoms with Crippen molar-refractivity contribution in [2.75, 3.05) is 13.2 Å².